The second-order valence-corrected chi connectivity index (χ2v) is 14.1. The molecule has 2 aliphatic rings. The van der Waals surface area contributed by atoms with E-state index in [2.05, 4.69) is 0 Å². The van der Waals surface area contributed by atoms with Gasteiger partial charge in [-0.05, 0) is 73.2 Å². The summed E-state index contributed by atoms with van der Waals surface area (Å²) < 4.78 is 50.2. The smallest absolute Gasteiger partial charge is 0.303 e. The van der Waals surface area contributed by atoms with Crippen molar-refractivity contribution < 1.29 is 32.2 Å². The average molecular weight is 664 g/mol. The van der Waals surface area contributed by atoms with Crippen molar-refractivity contribution in [3.05, 3.63) is 99.8 Å². The summed E-state index contributed by atoms with van der Waals surface area (Å²) in [6.45, 7) is 1.62. The molecule has 3 aromatic rings. The van der Waals surface area contributed by atoms with E-state index in [0.29, 0.717) is 40.4 Å². The van der Waals surface area contributed by atoms with Gasteiger partial charge in [0.15, 0.2) is 0 Å². The van der Waals surface area contributed by atoms with Gasteiger partial charge in [0.25, 0.3) is 5.91 Å². The van der Waals surface area contributed by atoms with Crippen molar-refractivity contribution in [1.29, 1.82) is 0 Å². The second-order valence-electron chi connectivity index (χ2n) is 11.1. The Hall–Kier alpha value is -3.18. The second kappa shape index (κ2) is 13.4. The van der Waals surface area contributed by atoms with Gasteiger partial charge < -0.3 is 14.7 Å². The van der Waals surface area contributed by atoms with Crippen LogP contribution in [-0.4, -0.2) is 54.2 Å². The minimum Gasteiger partial charge on any atom is -0.481 e. The molecule has 0 spiro atoms. The number of halogens is 3. The van der Waals surface area contributed by atoms with Crippen molar-refractivity contribution in [2.45, 2.75) is 68.6 Å². The van der Waals surface area contributed by atoms with Crippen LogP contribution in [0.2, 0.25) is 10.0 Å². The third-order valence-electron chi connectivity index (χ3n) is 8.05. The molecule has 1 saturated heterocycles. The maximum absolute atomic E-state index is 15.2. The molecular weight excluding hydrogens is 630 g/mol. The maximum atomic E-state index is 15.2. The third-order valence-corrected chi connectivity index (χ3v) is 10.8. The molecule has 0 bridgehead atoms. The Bertz CT molecular complexity index is 1620. The van der Waals surface area contributed by atoms with Crippen molar-refractivity contribution in [2.75, 3.05) is 10.8 Å². The number of ether oxygens (including phenoxy) is 1. The van der Waals surface area contributed by atoms with E-state index < -0.39 is 57.3 Å². The molecule has 12 heteroatoms. The molecular formula is C32H33Cl2FN2O6S. The molecule has 1 saturated carbocycles. The molecule has 234 valence electrons. The normalized spacial score (nSPS) is 21.2. The van der Waals surface area contributed by atoms with Crippen LogP contribution in [0.4, 0.5) is 10.1 Å². The fourth-order valence-electron chi connectivity index (χ4n) is 5.70. The SMILES string of the molecule is CCC(CN(c1ccccc1F)S(=O)(=O)C1CC1)N1C(=O)C(CCC(=O)O)OC(c2cccc(Cl)c2)C1c1ccc(Cl)cc1. The number of carboxylic acid groups (broad SMARTS) is 1. The molecule has 2 fully saturated rings. The summed E-state index contributed by atoms with van der Waals surface area (Å²) in [6, 6.07) is 18.1. The van der Waals surface area contributed by atoms with E-state index in [1.54, 1.807) is 53.4 Å². The molecule has 1 aliphatic heterocycles. The van der Waals surface area contributed by atoms with Crippen LogP contribution in [-0.2, 0) is 24.3 Å². The highest BCUT2D eigenvalue weighted by Crippen LogP contribution is 2.45. The first kappa shape index (κ1) is 32.2. The number of hydrogen-bond acceptors (Lipinski definition) is 5. The molecule has 1 amide bonds. The number of sulfonamides is 1. The van der Waals surface area contributed by atoms with Crippen molar-refractivity contribution in [3.63, 3.8) is 0 Å². The zero-order valence-corrected chi connectivity index (χ0v) is 26.3. The summed E-state index contributed by atoms with van der Waals surface area (Å²) >= 11 is 12.6. The number of morpholine rings is 1. The summed E-state index contributed by atoms with van der Waals surface area (Å²) in [4.78, 5) is 27.5. The van der Waals surface area contributed by atoms with E-state index in [1.165, 1.54) is 18.2 Å². The minimum atomic E-state index is -3.95. The maximum Gasteiger partial charge on any atom is 0.303 e. The van der Waals surface area contributed by atoms with Gasteiger partial charge in [-0.15, -0.1) is 0 Å². The number of nitrogens with zero attached hydrogens (tertiary/aromatic N) is 2. The molecule has 44 heavy (non-hydrogen) atoms. The standard InChI is InChI=1S/C32H33Cl2FN2O6S/c1-2-24(19-36(44(41,42)25-14-15-25)27-9-4-3-8-26(27)35)37-30(20-10-12-22(33)13-11-20)31(21-6-5-7-23(34)18-21)43-28(32(37)40)16-17-29(38)39/h3-13,18,24-25,28,30-31H,2,14-17,19H2,1H3,(H,38,39). The molecule has 5 rings (SSSR count). The van der Waals surface area contributed by atoms with E-state index >= 15 is 4.39 Å². The van der Waals surface area contributed by atoms with Crippen LogP contribution >= 0.6 is 23.2 Å². The van der Waals surface area contributed by atoms with Gasteiger partial charge in [0.05, 0.1) is 29.6 Å². The highest BCUT2D eigenvalue weighted by Gasteiger charge is 2.48. The molecule has 1 N–H and O–H groups in total. The van der Waals surface area contributed by atoms with Crippen molar-refractivity contribution >= 4 is 50.8 Å². The van der Waals surface area contributed by atoms with E-state index in [4.69, 9.17) is 27.9 Å². The first-order valence-electron chi connectivity index (χ1n) is 14.5. The lowest BCUT2D eigenvalue weighted by molar-refractivity contribution is -0.180. The number of para-hydroxylation sites is 1. The van der Waals surface area contributed by atoms with Gasteiger partial charge in [-0.3, -0.25) is 13.9 Å². The van der Waals surface area contributed by atoms with Gasteiger partial charge in [-0.25, -0.2) is 12.8 Å². The average Bonchev–Trinajstić information content (AvgIpc) is 3.85. The number of amides is 1. The highest BCUT2D eigenvalue weighted by atomic mass is 35.5. The predicted molar refractivity (Wildman–Crippen MR) is 167 cm³/mol. The molecule has 0 radical (unpaired) electrons. The van der Waals surface area contributed by atoms with Crippen LogP contribution in [0.3, 0.4) is 0 Å². The summed E-state index contributed by atoms with van der Waals surface area (Å²) in [5, 5.41) is 9.72. The molecule has 0 aromatic heterocycles. The van der Waals surface area contributed by atoms with E-state index in [1.807, 2.05) is 13.0 Å². The highest BCUT2D eigenvalue weighted by molar-refractivity contribution is 7.93. The number of anilines is 1. The molecule has 8 nitrogen and oxygen atoms in total. The topological polar surface area (TPSA) is 104 Å². The van der Waals surface area contributed by atoms with Gasteiger partial charge >= 0.3 is 5.97 Å². The summed E-state index contributed by atoms with van der Waals surface area (Å²) in [5.41, 5.74) is 1.24. The Kier molecular flexibility index (Phi) is 9.84. The Morgan fingerprint density at radius 1 is 1.05 bits per heavy atom. The minimum absolute atomic E-state index is 0.0876. The van der Waals surface area contributed by atoms with E-state index in [-0.39, 0.29) is 25.1 Å². The van der Waals surface area contributed by atoms with E-state index in [9.17, 15) is 23.1 Å². The van der Waals surface area contributed by atoms with Crippen LogP contribution in [0.25, 0.3) is 0 Å². The van der Waals surface area contributed by atoms with Gasteiger partial charge in [-0.1, -0.05) is 66.5 Å². The Labute approximate surface area is 266 Å². The third kappa shape index (κ3) is 6.88. The number of carbonyl (C=O) groups is 2. The fourth-order valence-corrected chi connectivity index (χ4v) is 7.91. The van der Waals surface area contributed by atoms with Crippen molar-refractivity contribution in [3.8, 4) is 0 Å². The molecule has 4 atom stereocenters. The monoisotopic (exact) mass is 662 g/mol. The number of hydrogen-bond donors (Lipinski definition) is 1. The quantitative estimate of drug-likeness (QED) is 0.229. The lowest BCUT2D eigenvalue weighted by atomic mass is 9.89. The van der Waals surface area contributed by atoms with Gasteiger partial charge in [0.2, 0.25) is 10.0 Å². The fraction of sp³-hybridized carbons (Fsp3) is 0.375. The predicted octanol–water partition coefficient (Wildman–Crippen LogP) is 6.78. The van der Waals surface area contributed by atoms with E-state index in [0.717, 1.165) is 4.31 Å². The van der Waals surface area contributed by atoms with Gasteiger partial charge in [0.1, 0.15) is 18.0 Å². The first-order chi connectivity index (χ1) is 21.0. The number of rotatable bonds is 12. The molecule has 1 heterocycles. The van der Waals surface area contributed by atoms with Crippen LogP contribution in [0.1, 0.15) is 62.3 Å². The molecule has 4 unspecified atom stereocenters. The Morgan fingerprint density at radius 3 is 2.36 bits per heavy atom. The van der Waals surface area contributed by atoms with Crippen LogP contribution in [0.15, 0.2) is 72.8 Å². The first-order valence-corrected chi connectivity index (χ1v) is 16.7. The van der Waals surface area contributed by atoms with Crippen LogP contribution < -0.4 is 4.31 Å². The number of benzene rings is 3. The van der Waals surface area contributed by atoms with Crippen LogP contribution in [0.5, 0.6) is 0 Å². The summed E-state index contributed by atoms with van der Waals surface area (Å²) in [7, 11) is -3.95. The van der Waals surface area contributed by atoms with Crippen molar-refractivity contribution in [1.82, 2.24) is 4.90 Å². The number of carbonyl (C=O) groups excluding carboxylic acids is 1. The van der Waals surface area contributed by atoms with Crippen LogP contribution in [0, 0.1) is 5.82 Å². The number of carboxylic acids is 1. The lowest BCUT2D eigenvalue weighted by Gasteiger charge is -2.49. The van der Waals surface area contributed by atoms with Crippen molar-refractivity contribution in [2.24, 2.45) is 0 Å². The summed E-state index contributed by atoms with van der Waals surface area (Å²) in [6.07, 6.45) is -1.06. The molecule has 3 aromatic carbocycles. The summed E-state index contributed by atoms with van der Waals surface area (Å²) in [5.74, 6) is -2.25. The lowest BCUT2D eigenvalue weighted by Crippen LogP contribution is -2.58. The van der Waals surface area contributed by atoms with Gasteiger partial charge in [-0.2, -0.15) is 0 Å². The Morgan fingerprint density at radius 2 is 1.75 bits per heavy atom. The largest absolute Gasteiger partial charge is 0.481 e. The zero-order valence-electron chi connectivity index (χ0n) is 24.0. The molecule has 1 aliphatic carbocycles. The zero-order chi connectivity index (χ0) is 31.6. The Balaban J connectivity index is 1.64. The van der Waals surface area contributed by atoms with Gasteiger partial charge in [0, 0.05) is 16.5 Å². The number of aliphatic carboxylic acids is 1.